The Hall–Kier alpha value is -4.09. The van der Waals surface area contributed by atoms with Crippen molar-refractivity contribution in [2.75, 3.05) is 20.2 Å². The van der Waals surface area contributed by atoms with Crippen LogP contribution in [0.3, 0.4) is 0 Å². The summed E-state index contributed by atoms with van der Waals surface area (Å²) in [4.78, 5) is 31.4. The molecule has 0 unspecified atom stereocenters. The van der Waals surface area contributed by atoms with Gasteiger partial charge in [-0.05, 0) is 54.0 Å². The Morgan fingerprint density at radius 3 is 2.18 bits per heavy atom. The molecule has 0 aliphatic rings. The van der Waals surface area contributed by atoms with Crippen LogP contribution in [0.5, 0.6) is 0 Å². The third-order valence-electron chi connectivity index (χ3n) is 6.25. The Morgan fingerprint density at radius 1 is 1.02 bits per heavy atom. The highest BCUT2D eigenvalue weighted by molar-refractivity contribution is 5.81. The Kier molecular flexibility index (Phi) is 16.7. The first kappa shape index (κ1) is 38.9. The summed E-state index contributed by atoms with van der Waals surface area (Å²) in [5.74, 6) is -1.37. The van der Waals surface area contributed by atoms with Crippen LogP contribution in [-0.2, 0) is 27.3 Å². The van der Waals surface area contributed by atoms with Gasteiger partial charge >= 0.3 is 0 Å². The van der Waals surface area contributed by atoms with Gasteiger partial charge in [0, 0.05) is 49.6 Å². The molecule has 0 aliphatic carbocycles. The van der Waals surface area contributed by atoms with Gasteiger partial charge in [0.2, 0.25) is 17.7 Å². The molecular weight excluding hydrogens is 580 g/mol. The summed E-state index contributed by atoms with van der Waals surface area (Å²) in [6.07, 6.45) is 3.63. The van der Waals surface area contributed by atoms with Gasteiger partial charge in [-0.1, -0.05) is 65.0 Å². The number of nitrogens with two attached hydrogens (primary N) is 2. The Morgan fingerprint density at radius 2 is 1.67 bits per heavy atom. The first-order valence-electron chi connectivity index (χ1n) is 14.9. The lowest BCUT2D eigenvalue weighted by molar-refractivity contribution is -0.125. The van der Waals surface area contributed by atoms with Gasteiger partial charge in [-0.3, -0.25) is 14.4 Å². The molecule has 0 radical (unpaired) electrons. The lowest BCUT2D eigenvalue weighted by Gasteiger charge is -2.19. The Bertz CT molecular complexity index is 1350. The number of benzene rings is 2. The summed E-state index contributed by atoms with van der Waals surface area (Å²) in [6.45, 7) is 10.9. The highest BCUT2D eigenvalue weighted by atomic mass is 19.1. The van der Waals surface area contributed by atoms with Gasteiger partial charge in [-0.2, -0.15) is 0 Å². The maximum atomic E-state index is 14.2. The molecule has 0 fully saturated rings. The van der Waals surface area contributed by atoms with Crippen molar-refractivity contribution in [2.45, 2.75) is 66.5 Å². The van der Waals surface area contributed by atoms with Crippen LogP contribution in [0, 0.1) is 23.0 Å². The number of hydrogen-bond donors (Lipinski definition) is 5. The minimum Gasteiger partial charge on any atom is -0.387 e. The number of hydrogen-bond acceptors (Lipinski definition) is 5. The van der Waals surface area contributed by atoms with Gasteiger partial charge < -0.3 is 31.8 Å². The maximum absolute atomic E-state index is 14.2. The van der Waals surface area contributed by atoms with E-state index in [9.17, 15) is 23.2 Å². The third-order valence-corrected chi connectivity index (χ3v) is 6.25. The standard InChI is InChI=1S/C22H23F2N.C7H15N3O3.C5H11NO/c1-22(2,3)13-19-11-17(20-12-18(23)9-10-21(20)24)15-25(19)14-16-7-5-4-6-8-16;1-9-7(13)5(8)2-3-10-6(12)4-11;1-4(2)3-5(6)7/h4-12,15H,13-14H2,1-3H3;5,11H,2-4,8H2,1H3,(H,9,13)(H,10,12);4H,3H2,1-2H3,(H2,6,7)/t;5-;/m.0./s1. The zero-order valence-corrected chi connectivity index (χ0v) is 27.2. The molecule has 1 atom stereocenters. The van der Waals surface area contributed by atoms with Crippen molar-refractivity contribution < 1.29 is 28.3 Å². The van der Waals surface area contributed by atoms with Crippen LogP contribution in [0.2, 0.25) is 0 Å². The summed E-state index contributed by atoms with van der Waals surface area (Å²) in [5, 5.41) is 13.1. The third kappa shape index (κ3) is 16.0. The molecule has 248 valence electrons. The number of aromatic nitrogens is 1. The van der Waals surface area contributed by atoms with Crippen LogP contribution in [0.25, 0.3) is 11.1 Å². The van der Waals surface area contributed by atoms with E-state index in [1.807, 2.05) is 44.3 Å². The molecule has 0 aliphatic heterocycles. The van der Waals surface area contributed by atoms with E-state index < -0.39 is 30.2 Å². The van der Waals surface area contributed by atoms with Crippen LogP contribution in [-0.4, -0.2) is 53.6 Å². The summed E-state index contributed by atoms with van der Waals surface area (Å²) in [5.41, 5.74) is 13.7. The highest BCUT2D eigenvalue weighted by Gasteiger charge is 2.18. The minimum atomic E-state index is -0.621. The molecule has 0 bridgehead atoms. The molecule has 7 N–H and O–H groups in total. The summed E-state index contributed by atoms with van der Waals surface area (Å²) >= 11 is 0. The summed E-state index contributed by atoms with van der Waals surface area (Å²) in [6, 6.07) is 15.1. The number of halogens is 2. The molecule has 1 heterocycles. The van der Waals surface area contributed by atoms with Gasteiger partial charge in [0.05, 0.1) is 6.04 Å². The van der Waals surface area contributed by atoms with Crippen LogP contribution in [0.15, 0.2) is 60.8 Å². The monoisotopic (exact) mass is 629 g/mol. The summed E-state index contributed by atoms with van der Waals surface area (Å²) in [7, 11) is 1.49. The molecule has 1 aromatic heterocycles. The second-order valence-electron chi connectivity index (χ2n) is 12.3. The average Bonchev–Trinajstić information content (AvgIpc) is 3.34. The smallest absolute Gasteiger partial charge is 0.245 e. The van der Waals surface area contributed by atoms with E-state index in [-0.39, 0.29) is 23.8 Å². The van der Waals surface area contributed by atoms with E-state index in [0.29, 0.717) is 36.4 Å². The number of nitrogens with one attached hydrogen (secondary N) is 2. The molecule has 2 aromatic carbocycles. The van der Waals surface area contributed by atoms with Crippen molar-refractivity contribution in [1.82, 2.24) is 15.2 Å². The van der Waals surface area contributed by atoms with Gasteiger partial charge in [-0.25, -0.2) is 8.78 Å². The molecule has 3 rings (SSSR count). The second-order valence-corrected chi connectivity index (χ2v) is 12.3. The fraction of sp³-hybridized carbons (Fsp3) is 0.441. The number of aliphatic hydroxyl groups is 1. The molecule has 45 heavy (non-hydrogen) atoms. The molecule has 11 heteroatoms. The second kappa shape index (κ2) is 19.3. The van der Waals surface area contributed by atoms with E-state index in [2.05, 4.69) is 48.1 Å². The fourth-order valence-electron chi connectivity index (χ4n) is 4.18. The molecule has 0 saturated heterocycles. The number of primary amides is 1. The van der Waals surface area contributed by atoms with Crippen LogP contribution >= 0.6 is 0 Å². The largest absolute Gasteiger partial charge is 0.387 e. The fourth-order valence-corrected chi connectivity index (χ4v) is 4.18. The number of carbonyl (C=O) groups excluding carboxylic acids is 3. The van der Waals surface area contributed by atoms with Gasteiger partial charge in [0.15, 0.2) is 0 Å². The van der Waals surface area contributed by atoms with Crippen molar-refractivity contribution in [1.29, 1.82) is 0 Å². The number of amides is 3. The number of nitrogens with zero attached hydrogens (tertiary/aromatic N) is 1. The summed E-state index contributed by atoms with van der Waals surface area (Å²) < 4.78 is 29.9. The van der Waals surface area contributed by atoms with Gasteiger partial charge in [0.1, 0.15) is 18.2 Å². The van der Waals surface area contributed by atoms with E-state index in [4.69, 9.17) is 16.6 Å². The highest BCUT2D eigenvalue weighted by Crippen LogP contribution is 2.30. The van der Waals surface area contributed by atoms with E-state index >= 15 is 0 Å². The quantitative estimate of drug-likeness (QED) is 0.216. The van der Waals surface area contributed by atoms with Crippen molar-refractivity contribution >= 4 is 17.7 Å². The number of likely N-dealkylation sites (N-methyl/N-ethyl adjacent to an activating group) is 1. The number of rotatable bonds is 11. The predicted molar refractivity (Wildman–Crippen MR) is 174 cm³/mol. The Labute approximate surface area is 265 Å². The van der Waals surface area contributed by atoms with Crippen LogP contribution < -0.4 is 22.1 Å². The van der Waals surface area contributed by atoms with Crippen molar-refractivity contribution in [3.8, 4) is 11.1 Å². The van der Waals surface area contributed by atoms with Gasteiger partial charge in [-0.15, -0.1) is 0 Å². The topological polar surface area (TPSA) is 152 Å². The van der Waals surface area contributed by atoms with E-state index in [1.165, 1.54) is 24.7 Å². The first-order chi connectivity index (χ1) is 21.1. The number of carbonyl (C=O) groups is 3. The molecule has 9 nitrogen and oxygen atoms in total. The predicted octanol–water partition coefficient (Wildman–Crippen LogP) is 4.15. The number of aliphatic hydroxyl groups excluding tert-OH is 1. The van der Waals surface area contributed by atoms with Gasteiger partial charge in [0.25, 0.3) is 0 Å². The zero-order chi connectivity index (χ0) is 34.2. The van der Waals surface area contributed by atoms with Crippen LogP contribution in [0.1, 0.15) is 58.7 Å². The maximum Gasteiger partial charge on any atom is 0.245 e. The first-order valence-corrected chi connectivity index (χ1v) is 14.9. The Balaban J connectivity index is 0.000000424. The molecule has 3 amide bonds. The van der Waals surface area contributed by atoms with Crippen molar-refractivity contribution in [3.63, 3.8) is 0 Å². The van der Waals surface area contributed by atoms with Crippen molar-refractivity contribution in [3.05, 3.63) is 83.7 Å². The SMILES string of the molecule is CC(C)(C)Cc1cc(-c2cc(F)ccc2F)cn1Cc1ccccc1.CC(C)CC(N)=O.CNC(=O)[C@@H](N)CCNC(=O)CO. The molecule has 3 aromatic rings. The normalized spacial score (nSPS) is 11.4. The molecule has 0 spiro atoms. The minimum absolute atomic E-state index is 0.102. The zero-order valence-electron chi connectivity index (χ0n) is 27.2. The van der Waals surface area contributed by atoms with Crippen LogP contribution in [0.4, 0.5) is 8.78 Å². The lowest BCUT2D eigenvalue weighted by Crippen LogP contribution is -2.41. The molecular formula is C34H49F2N5O4. The van der Waals surface area contributed by atoms with E-state index in [0.717, 1.165) is 18.2 Å². The average molecular weight is 630 g/mol. The molecule has 0 saturated carbocycles. The van der Waals surface area contributed by atoms with E-state index in [1.54, 1.807) is 0 Å². The van der Waals surface area contributed by atoms with Crippen molar-refractivity contribution in [2.24, 2.45) is 22.8 Å². The lowest BCUT2D eigenvalue weighted by atomic mass is 9.90.